The van der Waals surface area contributed by atoms with Crippen LogP contribution >= 0.6 is 0 Å². The fraction of sp³-hybridized carbons (Fsp3) is 1.00. The molecule has 0 aliphatic carbocycles. The predicted molar refractivity (Wildman–Crippen MR) is 118 cm³/mol. The molecule has 2 heterocycles. The molecular weight excluding hydrogens is 454 g/mol. The van der Waals surface area contributed by atoms with E-state index >= 15 is 0 Å². The van der Waals surface area contributed by atoms with Gasteiger partial charge in [-0.3, -0.25) is 5.32 Å². The lowest BCUT2D eigenvalue weighted by Crippen LogP contribution is -2.73. The summed E-state index contributed by atoms with van der Waals surface area (Å²) in [6.45, 7) is 1.06. The van der Waals surface area contributed by atoms with Gasteiger partial charge in [0.2, 0.25) is 0 Å². The summed E-state index contributed by atoms with van der Waals surface area (Å²) >= 11 is 0. The molecule has 34 heavy (non-hydrogen) atoms. The molecule has 10 atom stereocenters. The molecule has 9 N–H and O–H groups in total. The van der Waals surface area contributed by atoms with Crippen LogP contribution in [0.1, 0.15) is 58.3 Å². The Labute approximate surface area is 200 Å². The average molecular weight is 498 g/mol. The molecule has 0 bridgehead atoms. The van der Waals surface area contributed by atoms with E-state index in [4.69, 9.17) is 14.2 Å². The first kappa shape index (κ1) is 29.7. The number of nitrogens with one attached hydrogen (secondary N) is 1. The minimum Gasteiger partial charge on any atom is -0.394 e. The molecular formula is C22H43NO11. The molecule has 0 aromatic rings. The summed E-state index contributed by atoms with van der Waals surface area (Å²) in [6.07, 6.45) is -6.24. The summed E-state index contributed by atoms with van der Waals surface area (Å²) in [7, 11) is 0. The molecule has 2 saturated heterocycles. The molecule has 0 aromatic carbocycles. The molecule has 2 aliphatic rings. The molecule has 12 nitrogen and oxygen atoms in total. The minimum absolute atomic E-state index is 0.349. The quantitative estimate of drug-likeness (QED) is 0.116. The summed E-state index contributed by atoms with van der Waals surface area (Å²) < 4.78 is 16.2. The first-order valence-corrected chi connectivity index (χ1v) is 12.3. The summed E-state index contributed by atoms with van der Waals surface area (Å²) in [5.41, 5.74) is -1.86. The highest BCUT2D eigenvalue weighted by atomic mass is 16.7. The van der Waals surface area contributed by atoms with Gasteiger partial charge in [-0.25, -0.2) is 0 Å². The van der Waals surface area contributed by atoms with Crippen molar-refractivity contribution in [2.24, 2.45) is 0 Å². The molecule has 0 aromatic heterocycles. The van der Waals surface area contributed by atoms with E-state index in [1.807, 2.05) is 0 Å². The van der Waals surface area contributed by atoms with Gasteiger partial charge in [0.25, 0.3) is 0 Å². The lowest BCUT2D eigenvalue weighted by molar-refractivity contribution is -0.380. The van der Waals surface area contributed by atoms with Crippen molar-refractivity contribution >= 4 is 0 Å². The van der Waals surface area contributed by atoms with Gasteiger partial charge in [-0.05, 0) is 13.0 Å². The number of hydrogen-bond acceptors (Lipinski definition) is 12. The minimum atomic E-state index is -1.86. The van der Waals surface area contributed by atoms with Crippen LogP contribution in [0.4, 0.5) is 0 Å². The van der Waals surface area contributed by atoms with Crippen molar-refractivity contribution in [1.82, 2.24) is 5.32 Å². The van der Waals surface area contributed by atoms with E-state index in [0.717, 1.165) is 25.7 Å². The Bertz CT molecular complexity index is 571. The second kappa shape index (κ2) is 14.3. The standard InChI is InChI=1S/C22H43NO11/c1-2-3-4-5-6-7-8-9-10-23-22(12-25)19(30)15(27)17(29)21(34-22)33-18-13(11-24)32-20(31)16(28)14(18)26/h13-21,23-31H,2-12H2,1H3/t13-,14-,15-,16-,17-,18-,19-,20-,21+,22-/m1/s1. The number of ether oxygens (including phenoxy) is 3. The van der Waals surface area contributed by atoms with Crippen molar-refractivity contribution < 1.29 is 55.1 Å². The molecule has 0 amide bonds. The van der Waals surface area contributed by atoms with Crippen LogP contribution in [0.15, 0.2) is 0 Å². The van der Waals surface area contributed by atoms with E-state index < -0.39 is 74.2 Å². The van der Waals surface area contributed by atoms with Gasteiger partial charge >= 0.3 is 0 Å². The van der Waals surface area contributed by atoms with Gasteiger partial charge in [-0.15, -0.1) is 0 Å². The Balaban J connectivity index is 1.97. The molecule has 0 unspecified atom stereocenters. The van der Waals surface area contributed by atoms with Gasteiger partial charge in [0, 0.05) is 0 Å². The third kappa shape index (κ3) is 7.28. The van der Waals surface area contributed by atoms with E-state index in [9.17, 15) is 40.9 Å². The van der Waals surface area contributed by atoms with Crippen LogP contribution in [0.2, 0.25) is 0 Å². The molecule has 2 rings (SSSR count). The molecule has 0 radical (unpaired) electrons. The van der Waals surface area contributed by atoms with E-state index in [0.29, 0.717) is 6.54 Å². The van der Waals surface area contributed by atoms with Crippen molar-refractivity contribution in [3.8, 4) is 0 Å². The van der Waals surface area contributed by atoms with Gasteiger partial charge in [0.05, 0.1) is 13.2 Å². The van der Waals surface area contributed by atoms with Crippen molar-refractivity contribution in [3.63, 3.8) is 0 Å². The first-order valence-electron chi connectivity index (χ1n) is 12.3. The summed E-state index contributed by atoms with van der Waals surface area (Å²) in [6, 6.07) is 0. The topological polar surface area (TPSA) is 202 Å². The zero-order chi connectivity index (χ0) is 25.3. The van der Waals surface area contributed by atoms with Gasteiger partial charge < -0.3 is 55.1 Å². The zero-order valence-electron chi connectivity index (χ0n) is 19.8. The SMILES string of the molecule is CCCCCCCCCCN[C@]1(CO)O[C@H](O[C@H]2[C@H](O)[C@@H](O)[C@H](O)O[C@@H]2CO)[C@H](O)[C@@H](O)[C@H]1O. The van der Waals surface area contributed by atoms with E-state index in [1.54, 1.807) is 0 Å². The van der Waals surface area contributed by atoms with Crippen LogP contribution in [0.5, 0.6) is 0 Å². The maximum Gasteiger partial charge on any atom is 0.189 e. The van der Waals surface area contributed by atoms with E-state index in [2.05, 4.69) is 12.2 Å². The lowest BCUT2D eigenvalue weighted by Gasteiger charge is -2.50. The van der Waals surface area contributed by atoms with Crippen LogP contribution in [0.25, 0.3) is 0 Å². The number of aliphatic hydroxyl groups excluding tert-OH is 8. The van der Waals surface area contributed by atoms with Gasteiger partial charge in [0.15, 0.2) is 18.3 Å². The smallest absolute Gasteiger partial charge is 0.189 e. The van der Waals surface area contributed by atoms with Crippen molar-refractivity contribution in [3.05, 3.63) is 0 Å². The fourth-order valence-electron chi connectivity index (χ4n) is 4.36. The van der Waals surface area contributed by atoms with E-state index in [-0.39, 0.29) is 0 Å². The Kier molecular flexibility index (Phi) is 12.5. The fourth-order valence-corrected chi connectivity index (χ4v) is 4.36. The maximum absolute atomic E-state index is 10.5. The number of rotatable bonds is 14. The van der Waals surface area contributed by atoms with E-state index in [1.165, 1.54) is 25.7 Å². The van der Waals surface area contributed by atoms with Crippen LogP contribution in [-0.2, 0) is 14.2 Å². The maximum atomic E-state index is 10.5. The largest absolute Gasteiger partial charge is 0.394 e. The van der Waals surface area contributed by atoms with Crippen molar-refractivity contribution in [2.45, 2.75) is 119 Å². The molecule has 2 fully saturated rings. The third-order valence-electron chi connectivity index (χ3n) is 6.58. The molecule has 202 valence electrons. The number of hydrogen-bond donors (Lipinski definition) is 9. The number of unbranched alkanes of at least 4 members (excludes halogenated alkanes) is 7. The van der Waals surface area contributed by atoms with Gasteiger partial charge in [-0.2, -0.15) is 0 Å². The molecule has 0 spiro atoms. The Morgan fingerprint density at radius 3 is 2.00 bits per heavy atom. The van der Waals surface area contributed by atoms with Crippen LogP contribution in [-0.4, -0.2) is 122 Å². The third-order valence-corrected chi connectivity index (χ3v) is 6.58. The predicted octanol–water partition coefficient (Wildman–Crippen LogP) is -2.34. The highest BCUT2D eigenvalue weighted by Gasteiger charge is 2.55. The zero-order valence-corrected chi connectivity index (χ0v) is 19.8. The Morgan fingerprint density at radius 1 is 0.794 bits per heavy atom. The van der Waals surface area contributed by atoms with Gasteiger partial charge in [0.1, 0.15) is 42.7 Å². The average Bonchev–Trinajstić information content (AvgIpc) is 2.84. The Morgan fingerprint density at radius 2 is 1.41 bits per heavy atom. The van der Waals surface area contributed by atoms with Gasteiger partial charge in [-0.1, -0.05) is 51.9 Å². The molecule has 2 aliphatic heterocycles. The summed E-state index contributed by atoms with van der Waals surface area (Å²) in [5, 5.41) is 83.6. The lowest BCUT2D eigenvalue weighted by atomic mass is 9.93. The highest BCUT2D eigenvalue weighted by Crippen LogP contribution is 2.32. The molecule has 12 heteroatoms. The van der Waals surface area contributed by atoms with Crippen LogP contribution < -0.4 is 5.32 Å². The van der Waals surface area contributed by atoms with Crippen molar-refractivity contribution in [1.29, 1.82) is 0 Å². The monoisotopic (exact) mass is 497 g/mol. The summed E-state index contributed by atoms with van der Waals surface area (Å²) in [4.78, 5) is 0. The first-order chi connectivity index (χ1) is 16.2. The second-order valence-electron chi connectivity index (χ2n) is 9.19. The number of aliphatic hydroxyl groups is 8. The molecule has 0 saturated carbocycles. The summed E-state index contributed by atoms with van der Waals surface area (Å²) in [5.74, 6) is 0. The second-order valence-corrected chi connectivity index (χ2v) is 9.19. The Hall–Kier alpha value is -0.480. The van der Waals surface area contributed by atoms with Crippen molar-refractivity contribution in [2.75, 3.05) is 19.8 Å². The van der Waals surface area contributed by atoms with Crippen LogP contribution in [0.3, 0.4) is 0 Å². The highest BCUT2D eigenvalue weighted by molar-refractivity contribution is 4.99. The normalized spacial score (nSPS) is 41.0. The van der Waals surface area contributed by atoms with Crippen LogP contribution in [0, 0.1) is 0 Å².